The van der Waals surface area contributed by atoms with E-state index in [4.69, 9.17) is 5.73 Å². The first-order valence-corrected chi connectivity index (χ1v) is 5.29. The van der Waals surface area contributed by atoms with Crippen LogP contribution in [0.15, 0.2) is 30.3 Å². The SMILES string of the molecule is NC(=O)NCCNC(c1ccccc1)C(F)(F)F. The van der Waals surface area contributed by atoms with E-state index in [0.717, 1.165) is 0 Å². The maximum Gasteiger partial charge on any atom is 0.407 e. The summed E-state index contributed by atoms with van der Waals surface area (Å²) in [6.45, 7) is 0.0107. The van der Waals surface area contributed by atoms with Gasteiger partial charge in [-0.3, -0.25) is 0 Å². The molecule has 1 rings (SSSR count). The monoisotopic (exact) mass is 261 g/mol. The summed E-state index contributed by atoms with van der Waals surface area (Å²) >= 11 is 0. The zero-order chi connectivity index (χ0) is 13.6. The molecule has 0 spiro atoms. The molecule has 0 aliphatic heterocycles. The van der Waals surface area contributed by atoms with Crippen LogP contribution in [0.2, 0.25) is 0 Å². The van der Waals surface area contributed by atoms with Crippen LogP contribution in [0.3, 0.4) is 0 Å². The summed E-state index contributed by atoms with van der Waals surface area (Å²) in [6, 6.07) is 4.99. The van der Waals surface area contributed by atoms with E-state index in [2.05, 4.69) is 10.6 Å². The van der Waals surface area contributed by atoms with Gasteiger partial charge < -0.3 is 16.4 Å². The number of carbonyl (C=O) groups is 1. The molecule has 100 valence electrons. The first kappa shape index (κ1) is 14.3. The normalized spacial score (nSPS) is 13.1. The molecule has 0 saturated heterocycles. The summed E-state index contributed by atoms with van der Waals surface area (Å²) in [4.78, 5) is 10.4. The van der Waals surface area contributed by atoms with Crippen molar-refractivity contribution >= 4 is 6.03 Å². The molecule has 1 unspecified atom stereocenters. The molecular formula is C11H14F3N3O. The first-order chi connectivity index (χ1) is 8.41. The van der Waals surface area contributed by atoms with Gasteiger partial charge in [-0.2, -0.15) is 13.2 Å². The summed E-state index contributed by atoms with van der Waals surface area (Å²) in [7, 11) is 0. The Morgan fingerprint density at radius 3 is 2.33 bits per heavy atom. The molecule has 4 N–H and O–H groups in total. The molecule has 0 saturated carbocycles. The van der Waals surface area contributed by atoms with E-state index in [1.807, 2.05) is 0 Å². The number of hydrogen-bond acceptors (Lipinski definition) is 2. The Morgan fingerprint density at radius 1 is 1.22 bits per heavy atom. The van der Waals surface area contributed by atoms with Crippen LogP contribution >= 0.6 is 0 Å². The third-order valence-corrected chi connectivity index (χ3v) is 2.23. The molecule has 0 aliphatic carbocycles. The molecule has 1 aromatic carbocycles. The van der Waals surface area contributed by atoms with Crippen LogP contribution in [0.5, 0.6) is 0 Å². The molecule has 1 atom stereocenters. The van der Waals surface area contributed by atoms with E-state index in [-0.39, 0.29) is 18.7 Å². The van der Waals surface area contributed by atoms with Crippen molar-refractivity contribution in [2.75, 3.05) is 13.1 Å². The lowest BCUT2D eigenvalue weighted by molar-refractivity contribution is -0.157. The van der Waals surface area contributed by atoms with E-state index in [1.165, 1.54) is 24.3 Å². The van der Waals surface area contributed by atoms with Crippen molar-refractivity contribution in [2.45, 2.75) is 12.2 Å². The van der Waals surface area contributed by atoms with Crippen molar-refractivity contribution in [2.24, 2.45) is 5.73 Å². The quantitative estimate of drug-likeness (QED) is 0.704. The average Bonchev–Trinajstić information content (AvgIpc) is 2.28. The number of carbonyl (C=O) groups excluding carboxylic acids is 1. The van der Waals surface area contributed by atoms with Crippen molar-refractivity contribution in [3.63, 3.8) is 0 Å². The molecule has 0 aliphatic rings. The van der Waals surface area contributed by atoms with Gasteiger partial charge in [0, 0.05) is 13.1 Å². The third-order valence-electron chi connectivity index (χ3n) is 2.23. The van der Waals surface area contributed by atoms with Crippen molar-refractivity contribution in [1.82, 2.24) is 10.6 Å². The molecule has 1 aromatic rings. The van der Waals surface area contributed by atoms with E-state index < -0.39 is 18.2 Å². The van der Waals surface area contributed by atoms with Crippen LogP contribution in [0.25, 0.3) is 0 Å². The number of nitrogens with two attached hydrogens (primary N) is 1. The van der Waals surface area contributed by atoms with Crippen molar-refractivity contribution < 1.29 is 18.0 Å². The Hall–Kier alpha value is -1.76. The molecule has 0 fully saturated rings. The number of urea groups is 1. The number of nitrogens with one attached hydrogen (secondary N) is 2. The number of hydrogen-bond donors (Lipinski definition) is 3. The Morgan fingerprint density at radius 2 is 1.83 bits per heavy atom. The molecule has 4 nitrogen and oxygen atoms in total. The lowest BCUT2D eigenvalue weighted by Crippen LogP contribution is -2.40. The second-order valence-corrected chi connectivity index (χ2v) is 3.63. The zero-order valence-corrected chi connectivity index (χ0v) is 9.50. The van der Waals surface area contributed by atoms with Crippen molar-refractivity contribution in [3.05, 3.63) is 35.9 Å². The molecule has 18 heavy (non-hydrogen) atoms. The fourth-order valence-electron chi connectivity index (χ4n) is 1.47. The number of primary amides is 1. The van der Waals surface area contributed by atoms with Gasteiger partial charge >= 0.3 is 12.2 Å². The van der Waals surface area contributed by atoms with Crippen LogP contribution in [0.4, 0.5) is 18.0 Å². The average molecular weight is 261 g/mol. The zero-order valence-electron chi connectivity index (χ0n) is 9.50. The number of benzene rings is 1. The highest BCUT2D eigenvalue weighted by Gasteiger charge is 2.40. The lowest BCUT2D eigenvalue weighted by Gasteiger charge is -2.22. The van der Waals surface area contributed by atoms with Crippen LogP contribution < -0.4 is 16.4 Å². The highest BCUT2D eigenvalue weighted by atomic mass is 19.4. The number of amides is 2. The first-order valence-electron chi connectivity index (χ1n) is 5.29. The highest BCUT2D eigenvalue weighted by molar-refractivity contribution is 5.71. The third kappa shape index (κ3) is 4.62. The minimum atomic E-state index is -4.39. The predicted molar refractivity (Wildman–Crippen MR) is 60.8 cm³/mol. The predicted octanol–water partition coefficient (Wildman–Crippen LogP) is 1.55. The maximum absolute atomic E-state index is 12.8. The Labute approximate surface area is 102 Å². The van der Waals surface area contributed by atoms with Gasteiger partial charge in [-0.05, 0) is 5.56 Å². The molecule has 0 bridgehead atoms. The minimum absolute atomic E-state index is 0.0258. The van der Waals surface area contributed by atoms with Crippen LogP contribution in [0, 0.1) is 0 Å². The van der Waals surface area contributed by atoms with E-state index in [0.29, 0.717) is 0 Å². The number of alkyl halides is 3. The van der Waals surface area contributed by atoms with Crippen LogP contribution in [0.1, 0.15) is 11.6 Å². The van der Waals surface area contributed by atoms with Gasteiger partial charge in [0.15, 0.2) is 0 Å². The maximum atomic E-state index is 12.8. The summed E-state index contributed by atoms with van der Waals surface area (Å²) in [5, 5.41) is 4.55. The van der Waals surface area contributed by atoms with Gasteiger partial charge in [-0.15, -0.1) is 0 Å². The van der Waals surface area contributed by atoms with Gasteiger partial charge in [-0.25, -0.2) is 4.79 Å². The minimum Gasteiger partial charge on any atom is -0.352 e. The molecule has 0 radical (unpaired) electrons. The Kier molecular flexibility index (Phi) is 4.96. The summed E-state index contributed by atoms with van der Waals surface area (Å²) < 4.78 is 38.5. The van der Waals surface area contributed by atoms with Gasteiger partial charge in [0.05, 0.1) is 0 Å². The molecule has 0 aromatic heterocycles. The highest BCUT2D eigenvalue weighted by Crippen LogP contribution is 2.32. The number of rotatable bonds is 5. The molecule has 0 heterocycles. The standard InChI is InChI=1S/C11H14F3N3O/c12-11(13,14)9(8-4-2-1-3-5-8)16-6-7-17-10(15)18/h1-5,9,16H,6-7H2,(H3,15,17,18). The Bertz CT molecular complexity index is 381. The molecule has 2 amide bonds. The fraction of sp³-hybridized carbons (Fsp3) is 0.364. The molecule has 7 heteroatoms. The van der Waals surface area contributed by atoms with Gasteiger partial charge in [0.25, 0.3) is 0 Å². The number of halogens is 3. The van der Waals surface area contributed by atoms with E-state index in [1.54, 1.807) is 6.07 Å². The van der Waals surface area contributed by atoms with Gasteiger partial charge in [0.2, 0.25) is 0 Å². The van der Waals surface area contributed by atoms with Crippen molar-refractivity contribution in [1.29, 1.82) is 0 Å². The van der Waals surface area contributed by atoms with Crippen LogP contribution in [-0.2, 0) is 0 Å². The molecular weight excluding hydrogens is 247 g/mol. The topological polar surface area (TPSA) is 67.2 Å². The van der Waals surface area contributed by atoms with Crippen LogP contribution in [-0.4, -0.2) is 25.3 Å². The smallest absolute Gasteiger partial charge is 0.352 e. The summed E-state index contributed by atoms with van der Waals surface area (Å²) in [5.41, 5.74) is 4.93. The summed E-state index contributed by atoms with van der Waals surface area (Å²) in [5.74, 6) is 0. The van der Waals surface area contributed by atoms with Gasteiger partial charge in [0.1, 0.15) is 6.04 Å². The Balaban J connectivity index is 2.61. The second kappa shape index (κ2) is 6.25. The van der Waals surface area contributed by atoms with Crippen molar-refractivity contribution in [3.8, 4) is 0 Å². The fourth-order valence-corrected chi connectivity index (χ4v) is 1.47. The van der Waals surface area contributed by atoms with E-state index >= 15 is 0 Å². The van der Waals surface area contributed by atoms with E-state index in [9.17, 15) is 18.0 Å². The second-order valence-electron chi connectivity index (χ2n) is 3.63. The van der Waals surface area contributed by atoms with Gasteiger partial charge in [-0.1, -0.05) is 30.3 Å². The summed E-state index contributed by atoms with van der Waals surface area (Å²) in [6.07, 6.45) is -4.39. The largest absolute Gasteiger partial charge is 0.407 e. The lowest BCUT2D eigenvalue weighted by atomic mass is 10.1.